The van der Waals surface area contributed by atoms with Gasteiger partial charge in [-0.2, -0.15) is 5.26 Å². The van der Waals surface area contributed by atoms with Crippen molar-refractivity contribution in [1.29, 1.82) is 5.26 Å². The van der Waals surface area contributed by atoms with Crippen molar-refractivity contribution >= 4 is 11.0 Å². The number of benzene rings is 1. The molecule has 0 bridgehead atoms. The van der Waals surface area contributed by atoms with Gasteiger partial charge >= 0.3 is 0 Å². The number of fused-ring (bicyclic) bond motifs is 1. The Kier molecular flexibility index (Phi) is 2.58. The fraction of sp³-hybridized carbons (Fsp3) is 0.500. The molecule has 2 aliphatic rings. The van der Waals surface area contributed by atoms with Gasteiger partial charge in [-0.15, -0.1) is 0 Å². The Morgan fingerprint density at radius 3 is 2.95 bits per heavy atom. The smallest absolute Gasteiger partial charge is 0.109 e. The van der Waals surface area contributed by atoms with E-state index in [2.05, 4.69) is 33.1 Å². The number of hydrogen-bond donors (Lipinski definition) is 1. The summed E-state index contributed by atoms with van der Waals surface area (Å²) in [5, 5.41) is 13.1. The standard InChI is InChI=1S/C16H18N4/c17-10-16(19-12-5-6-12)8-7-13(9-16)20-11-18-14-3-1-2-4-15(14)20/h1-4,11-13,19H,5-9H2. The summed E-state index contributed by atoms with van der Waals surface area (Å²) in [5.41, 5.74) is 1.90. The Balaban J connectivity index is 1.62. The summed E-state index contributed by atoms with van der Waals surface area (Å²) in [6.07, 6.45) is 7.26. The first-order valence-corrected chi connectivity index (χ1v) is 7.40. The molecule has 0 aliphatic heterocycles. The molecule has 0 saturated heterocycles. The Bertz CT molecular complexity index is 679. The number of imidazole rings is 1. The van der Waals surface area contributed by atoms with E-state index in [-0.39, 0.29) is 5.54 Å². The maximum Gasteiger partial charge on any atom is 0.109 e. The lowest BCUT2D eigenvalue weighted by Crippen LogP contribution is -2.43. The molecular weight excluding hydrogens is 248 g/mol. The van der Waals surface area contributed by atoms with Gasteiger partial charge in [0.1, 0.15) is 5.54 Å². The summed E-state index contributed by atoms with van der Waals surface area (Å²) < 4.78 is 2.25. The molecule has 2 aliphatic carbocycles. The van der Waals surface area contributed by atoms with Crippen LogP contribution in [0, 0.1) is 11.3 Å². The highest BCUT2D eigenvalue weighted by Crippen LogP contribution is 2.40. The lowest BCUT2D eigenvalue weighted by Gasteiger charge is -2.23. The molecule has 0 radical (unpaired) electrons. The maximum absolute atomic E-state index is 9.58. The summed E-state index contributed by atoms with van der Waals surface area (Å²) in [6, 6.07) is 11.7. The first kappa shape index (κ1) is 11.9. The molecule has 4 rings (SSSR count). The third-order valence-electron chi connectivity index (χ3n) is 4.63. The number of rotatable bonds is 3. The van der Waals surface area contributed by atoms with Crippen LogP contribution in [0.1, 0.15) is 38.1 Å². The van der Waals surface area contributed by atoms with Crippen LogP contribution in [-0.4, -0.2) is 21.1 Å². The largest absolute Gasteiger partial charge is 0.327 e. The predicted octanol–water partition coefficient (Wildman–Crippen LogP) is 2.78. The van der Waals surface area contributed by atoms with Gasteiger partial charge in [-0.1, -0.05) is 12.1 Å². The van der Waals surface area contributed by atoms with Gasteiger partial charge in [-0.25, -0.2) is 4.98 Å². The molecule has 2 fully saturated rings. The van der Waals surface area contributed by atoms with Gasteiger partial charge in [0.25, 0.3) is 0 Å². The minimum absolute atomic E-state index is 0.322. The molecule has 1 aromatic carbocycles. The van der Waals surface area contributed by atoms with Crippen molar-refractivity contribution in [2.75, 3.05) is 0 Å². The molecule has 2 atom stereocenters. The van der Waals surface area contributed by atoms with Crippen molar-refractivity contribution in [3.8, 4) is 6.07 Å². The number of hydrogen-bond acceptors (Lipinski definition) is 3. The van der Waals surface area contributed by atoms with Crippen LogP contribution in [0.3, 0.4) is 0 Å². The van der Waals surface area contributed by atoms with Crippen LogP contribution in [0.25, 0.3) is 11.0 Å². The zero-order valence-corrected chi connectivity index (χ0v) is 11.4. The van der Waals surface area contributed by atoms with E-state index in [0.717, 1.165) is 24.8 Å². The van der Waals surface area contributed by atoms with E-state index >= 15 is 0 Å². The summed E-state index contributed by atoms with van der Waals surface area (Å²) in [4.78, 5) is 4.47. The van der Waals surface area contributed by atoms with Crippen LogP contribution in [0.15, 0.2) is 30.6 Å². The second-order valence-corrected chi connectivity index (χ2v) is 6.15. The molecule has 1 N–H and O–H groups in total. The third kappa shape index (κ3) is 1.90. The average molecular weight is 266 g/mol. The highest BCUT2D eigenvalue weighted by atomic mass is 15.1. The van der Waals surface area contributed by atoms with Crippen LogP contribution >= 0.6 is 0 Å². The molecule has 4 nitrogen and oxygen atoms in total. The molecule has 1 heterocycles. The molecule has 2 unspecified atom stereocenters. The third-order valence-corrected chi connectivity index (χ3v) is 4.63. The summed E-state index contributed by atoms with van der Waals surface area (Å²) in [6.45, 7) is 0. The average Bonchev–Trinajstić information content (AvgIpc) is 3.03. The fourth-order valence-corrected chi connectivity index (χ4v) is 3.41. The van der Waals surface area contributed by atoms with Crippen LogP contribution in [0.5, 0.6) is 0 Å². The molecule has 2 aromatic rings. The number of nitriles is 1. The van der Waals surface area contributed by atoms with E-state index in [0.29, 0.717) is 12.1 Å². The Hall–Kier alpha value is -1.86. The van der Waals surface area contributed by atoms with Crippen LogP contribution < -0.4 is 5.32 Å². The van der Waals surface area contributed by atoms with E-state index in [9.17, 15) is 5.26 Å². The van der Waals surface area contributed by atoms with Crippen LogP contribution in [0.2, 0.25) is 0 Å². The fourth-order valence-electron chi connectivity index (χ4n) is 3.41. The number of nitrogens with zero attached hydrogens (tertiary/aromatic N) is 3. The maximum atomic E-state index is 9.58. The Morgan fingerprint density at radius 2 is 2.15 bits per heavy atom. The highest BCUT2D eigenvalue weighted by molar-refractivity contribution is 5.75. The van der Waals surface area contributed by atoms with E-state index in [1.54, 1.807) is 0 Å². The zero-order valence-electron chi connectivity index (χ0n) is 11.4. The Labute approximate surface area is 118 Å². The van der Waals surface area contributed by atoms with Crippen molar-refractivity contribution in [2.24, 2.45) is 0 Å². The molecular formula is C16H18N4. The van der Waals surface area contributed by atoms with Gasteiger partial charge in [0, 0.05) is 12.1 Å². The minimum atomic E-state index is -0.322. The van der Waals surface area contributed by atoms with E-state index in [1.807, 2.05) is 18.5 Å². The molecule has 4 heteroatoms. The van der Waals surface area contributed by atoms with E-state index in [4.69, 9.17) is 0 Å². The quantitative estimate of drug-likeness (QED) is 0.929. The van der Waals surface area contributed by atoms with Crippen molar-refractivity contribution in [3.63, 3.8) is 0 Å². The highest BCUT2D eigenvalue weighted by Gasteiger charge is 2.43. The van der Waals surface area contributed by atoms with Crippen molar-refractivity contribution < 1.29 is 0 Å². The van der Waals surface area contributed by atoms with Gasteiger partial charge in [-0.3, -0.25) is 5.32 Å². The van der Waals surface area contributed by atoms with Gasteiger partial charge < -0.3 is 4.57 Å². The van der Waals surface area contributed by atoms with Crippen molar-refractivity contribution in [2.45, 2.75) is 49.7 Å². The molecule has 102 valence electrons. The van der Waals surface area contributed by atoms with Crippen molar-refractivity contribution in [3.05, 3.63) is 30.6 Å². The zero-order chi connectivity index (χ0) is 13.6. The van der Waals surface area contributed by atoms with Crippen LogP contribution in [-0.2, 0) is 0 Å². The molecule has 0 amide bonds. The van der Waals surface area contributed by atoms with Crippen molar-refractivity contribution in [1.82, 2.24) is 14.9 Å². The van der Waals surface area contributed by atoms with Gasteiger partial charge in [0.15, 0.2) is 0 Å². The van der Waals surface area contributed by atoms with E-state index in [1.165, 1.54) is 18.4 Å². The Morgan fingerprint density at radius 1 is 1.30 bits per heavy atom. The first-order chi connectivity index (χ1) is 9.80. The van der Waals surface area contributed by atoms with Gasteiger partial charge in [-0.05, 0) is 44.2 Å². The van der Waals surface area contributed by atoms with Crippen LogP contribution in [0.4, 0.5) is 0 Å². The topological polar surface area (TPSA) is 53.6 Å². The first-order valence-electron chi connectivity index (χ1n) is 7.40. The lowest BCUT2D eigenvalue weighted by molar-refractivity contribution is 0.399. The molecule has 0 spiro atoms. The van der Waals surface area contributed by atoms with E-state index < -0.39 is 0 Å². The number of aromatic nitrogens is 2. The number of nitrogens with one attached hydrogen (secondary N) is 1. The summed E-state index contributed by atoms with van der Waals surface area (Å²) >= 11 is 0. The normalized spacial score (nSPS) is 29.6. The molecule has 20 heavy (non-hydrogen) atoms. The lowest BCUT2D eigenvalue weighted by atomic mass is 9.99. The monoisotopic (exact) mass is 266 g/mol. The predicted molar refractivity (Wildman–Crippen MR) is 77.1 cm³/mol. The SMILES string of the molecule is N#CC1(NC2CC2)CCC(n2cnc3ccccc32)C1. The van der Waals surface area contributed by atoms with Gasteiger partial charge in [0.2, 0.25) is 0 Å². The minimum Gasteiger partial charge on any atom is -0.327 e. The molecule has 1 aromatic heterocycles. The second-order valence-electron chi connectivity index (χ2n) is 6.15. The summed E-state index contributed by atoms with van der Waals surface area (Å²) in [7, 11) is 0. The van der Waals surface area contributed by atoms with Gasteiger partial charge in [0.05, 0.1) is 23.4 Å². The second kappa shape index (κ2) is 4.32. The number of para-hydroxylation sites is 2. The summed E-state index contributed by atoms with van der Waals surface area (Å²) in [5.74, 6) is 0. The molecule has 2 saturated carbocycles.